The lowest BCUT2D eigenvalue weighted by Crippen LogP contribution is -2.49. The average Bonchev–Trinajstić information content (AvgIpc) is 3.27. The van der Waals surface area contributed by atoms with Crippen molar-refractivity contribution in [2.24, 2.45) is 0 Å². The number of ether oxygens (including phenoxy) is 2. The van der Waals surface area contributed by atoms with E-state index in [1.165, 1.54) is 6.07 Å². The summed E-state index contributed by atoms with van der Waals surface area (Å²) in [5, 5.41) is 2.85. The van der Waals surface area contributed by atoms with Gasteiger partial charge in [-0.05, 0) is 62.4 Å². The van der Waals surface area contributed by atoms with E-state index >= 15 is 0 Å². The van der Waals surface area contributed by atoms with Gasteiger partial charge in [0.05, 0.1) is 17.6 Å². The first-order chi connectivity index (χ1) is 14.9. The highest BCUT2D eigenvalue weighted by molar-refractivity contribution is 7.89. The molecule has 2 N–H and O–H groups in total. The summed E-state index contributed by atoms with van der Waals surface area (Å²) in [4.78, 5) is 13.0. The predicted octanol–water partition coefficient (Wildman–Crippen LogP) is 2.58. The zero-order chi connectivity index (χ0) is 22.3. The van der Waals surface area contributed by atoms with E-state index in [0.29, 0.717) is 31.1 Å². The summed E-state index contributed by atoms with van der Waals surface area (Å²) in [7, 11) is -3.91. The van der Waals surface area contributed by atoms with Gasteiger partial charge in [0.15, 0.2) is 0 Å². The quantitative estimate of drug-likeness (QED) is 0.585. The van der Waals surface area contributed by atoms with E-state index in [4.69, 9.17) is 9.47 Å². The SMILES string of the molecule is CCOc1ccc(S(=O)(=O)N[C@@H](Cc2ccccc2)C(=O)NC[C@@H]2CCCO2)cc1C. The van der Waals surface area contributed by atoms with Crippen molar-refractivity contribution in [1.29, 1.82) is 0 Å². The van der Waals surface area contributed by atoms with Crippen LogP contribution in [0.4, 0.5) is 0 Å². The molecule has 0 aliphatic carbocycles. The molecule has 31 heavy (non-hydrogen) atoms. The number of carbonyl (C=O) groups excluding carboxylic acids is 1. The van der Waals surface area contributed by atoms with Gasteiger partial charge in [-0.15, -0.1) is 0 Å². The number of nitrogens with one attached hydrogen (secondary N) is 2. The number of hydrogen-bond donors (Lipinski definition) is 2. The van der Waals surface area contributed by atoms with Crippen LogP contribution in [-0.2, 0) is 26.0 Å². The van der Waals surface area contributed by atoms with Crippen LogP contribution in [0.25, 0.3) is 0 Å². The van der Waals surface area contributed by atoms with Gasteiger partial charge in [-0.3, -0.25) is 4.79 Å². The largest absolute Gasteiger partial charge is 0.494 e. The lowest BCUT2D eigenvalue weighted by molar-refractivity contribution is -0.123. The molecule has 1 amide bonds. The van der Waals surface area contributed by atoms with E-state index in [1.54, 1.807) is 19.1 Å². The summed E-state index contributed by atoms with van der Waals surface area (Å²) in [5.41, 5.74) is 1.58. The van der Waals surface area contributed by atoms with E-state index in [9.17, 15) is 13.2 Å². The van der Waals surface area contributed by atoms with Crippen LogP contribution in [0.1, 0.15) is 30.9 Å². The Balaban J connectivity index is 1.77. The standard InChI is InChI=1S/C23H30N2O5S/c1-3-29-22-12-11-20(14-17(22)2)31(27,28)25-21(15-18-8-5-4-6-9-18)23(26)24-16-19-10-7-13-30-19/h4-6,8-9,11-12,14,19,21,25H,3,7,10,13,15-16H2,1-2H3,(H,24,26)/t19-,21-/m0/s1. The molecule has 0 unspecified atom stereocenters. The molecule has 0 radical (unpaired) electrons. The first kappa shape index (κ1) is 23.2. The maximum Gasteiger partial charge on any atom is 0.241 e. The van der Waals surface area contributed by atoms with Crippen molar-refractivity contribution < 1.29 is 22.7 Å². The monoisotopic (exact) mass is 446 g/mol. The predicted molar refractivity (Wildman–Crippen MR) is 119 cm³/mol. The van der Waals surface area contributed by atoms with E-state index in [0.717, 1.165) is 18.4 Å². The number of rotatable bonds is 10. The molecule has 1 aliphatic rings. The molecule has 2 aromatic rings. The number of amides is 1. The van der Waals surface area contributed by atoms with Crippen molar-refractivity contribution in [3.8, 4) is 5.75 Å². The highest BCUT2D eigenvalue weighted by Gasteiger charge is 2.27. The molecular formula is C23H30N2O5S. The molecule has 0 spiro atoms. The van der Waals surface area contributed by atoms with E-state index in [-0.39, 0.29) is 23.3 Å². The highest BCUT2D eigenvalue weighted by Crippen LogP contribution is 2.22. The van der Waals surface area contributed by atoms with Crippen LogP contribution in [0.2, 0.25) is 0 Å². The minimum atomic E-state index is -3.91. The maximum atomic E-state index is 13.1. The van der Waals surface area contributed by atoms with Crippen LogP contribution in [0.5, 0.6) is 5.75 Å². The van der Waals surface area contributed by atoms with Gasteiger partial charge in [-0.2, -0.15) is 4.72 Å². The van der Waals surface area contributed by atoms with Crippen LogP contribution in [0, 0.1) is 6.92 Å². The molecule has 0 aromatic heterocycles. The molecule has 1 saturated heterocycles. The highest BCUT2D eigenvalue weighted by atomic mass is 32.2. The number of hydrogen-bond acceptors (Lipinski definition) is 5. The van der Waals surface area contributed by atoms with Crippen molar-refractivity contribution in [3.05, 3.63) is 59.7 Å². The van der Waals surface area contributed by atoms with Crippen molar-refractivity contribution in [2.45, 2.75) is 50.2 Å². The minimum absolute atomic E-state index is 0.0216. The van der Waals surface area contributed by atoms with Gasteiger partial charge in [0.25, 0.3) is 0 Å². The molecule has 8 heteroatoms. The molecule has 1 heterocycles. The third-order valence-corrected chi connectivity index (χ3v) is 6.65. The fourth-order valence-corrected chi connectivity index (χ4v) is 4.82. The molecule has 7 nitrogen and oxygen atoms in total. The average molecular weight is 447 g/mol. The molecular weight excluding hydrogens is 416 g/mol. The van der Waals surface area contributed by atoms with Crippen LogP contribution < -0.4 is 14.8 Å². The second-order valence-corrected chi connectivity index (χ2v) is 9.32. The first-order valence-electron chi connectivity index (χ1n) is 10.6. The summed E-state index contributed by atoms with van der Waals surface area (Å²) >= 11 is 0. The van der Waals surface area contributed by atoms with Gasteiger partial charge in [0, 0.05) is 13.2 Å². The molecule has 168 valence electrons. The van der Waals surface area contributed by atoms with Gasteiger partial charge < -0.3 is 14.8 Å². The van der Waals surface area contributed by atoms with Crippen molar-refractivity contribution in [2.75, 3.05) is 19.8 Å². The molecule has 2 atom stereocenters. The fraction of sp³-hybridized carbons (Fsp3) is 0.435. The Morgan fingerprint density at radius 2 is 2.00 bits per heavy atom. The lowest BCUT2D eigenvalue weighted by Gasteiger charge is -2.20. The second-order valence-electron chi connectivity index (χ2n) is 7.60. The second kappa shape index (κ2) is 10.7. The fourth-order valence-electron chi connectivity index (χ4n) is 3.54. The van der Waals surface area contributed by atoms with Crippen molar-refractivity contribution >= 4 is 15.9 Å². The third kappa shape index (κ3) is 6.53. The molecule has 1 fully saturated rings. The maximum absolute atomic E-state index is 13.1. The molecule has 3 rings (SSSR count). The van der Waals surface area contributed by atoms with Crippen molar-refractivity contribution in [1.82, 2.24) is 10.0 Å². The number of carbonyl (C=O) groups is 1. The lowest BCUT2D eigenvalue weighted by atomic mass is 10.1. The van der Waals surface area contributed by atoms with Crippen molar-refractivity contribution in [3.63, 3.8) is 0 Å². The van der Waals surface area contributed by atoms with Gasteiger partial charge in [0.1, 0.15) is 11.8 Å². The Morgan fingerprint density at radius 3 is 2.65 bits per heavy atom. The van der Waals surface area contributed by atoms with E-state index < -0.39 is 16.1 Å². The number of aryl methyl sites for hydroxylation is 1. The molecule has 2 aromatic carbocycles. The summed E-state index contributed by atoms with van der Waals surface area (Å²) < 4.78 is 39.8. The molecule has 1 aliphatic heterocycles. The van der Waals surface area contributed by atoms with Crippen LogP contribution in [0.15, 0.2) is 53.4 Å². The Morgan fingerprint density at radius 1 is 1.23 bits per heavy atom. The van der Waals surface area contributed by atoms with Crippen LogP contribution in [-0.4, -0.2) is 46.2 Å². The van der Waals surface area contributed by atoms with E-state index in [1.807, 2.05) is 37.3 Å². The van der Waals surface area contributed by atoms with Gasteiger partial charge in [-0.25, -0.2) is 8.42 Å². The molecule has 0 bridgehead atoms. The first-order valence-corrected chi connectivity index (χ1v) is 12.1. The zero-order valence-corrected chi connectivity index (χ0v) is 18.8. The zero-order valence-electron chi connectivity index (χ0n) is 18.0. The normalized spacial score (nSPS) is 17.3. The minimum Gasteiger partial charge on any atom is -0.494 e. The summed E-state index contributed by atoms with van der Waals surface area (Å²) in [6.07, 6.45) is 2.08. The summed E-state index contributed by atoms with van der Waals surface area (Å²) in [6.45, 7) is 5.22. The smallest absolute Gasteiger partial charge is 0.241 e. The van der Waals surface area contributed by atoms with Crippen LogP contribution in [0.3, 0.4) is 0 Å². The Labute approximate surface area is 184 Å². The van der Waals surface area contributed by atoms with Gasteiger partial charge in [0.2, 0.25) is 15.9 Å². The Hall–Kier alpha value is -2.42. The van der Waals surface area contributed by atoms with Gasteiger partial charge >= 0.3 is 0 Å². The Bertz CT molecular complexity index is 973. The molecule has 0 saturated carbocycles. The van der Waals surface area contributed by atoms with Crippen LogP contribution >= 0.6 is 0 Å². The summed E-state index contributed by atoms with van der Waals surface area (Å²) in [6, 6.07) is 13.1. The summed E-state index contributed by atoms with van der Waals surface area (Å²) in [5.74, 6) is 0.266. The third-order valence-electron chi connectivity index (χ3n) is 5.18. The topological polar surface area (TPSA) is 93.7 Å². The Kier molecular flexibility index (Phi) is 8.06. The van der Waals surface area contributed by atoms with Gasteiger partial charge in [-0.1, -0.05) is 30.3 Å². The van der Waals surface area contributed by atoms with E-state index in [2.05, 4.69) is 10.0 Å². The number of benzene rings is 2. The number of sulfonamides is 1.